The normalized spacial score (nSPS) is 10.8. The number of nitriles is 1. The molecular formula is C23H17N5O2. The highest BCUT2D eigenvalue weighted by molar-refractivity contribution is 6.02. The molecule has 3 aromatic carbocycles. The third-order valence-corrected chi connectivity index (χ3v) is 4.59. The van der Waals surface area contributed by atoms with Crippen molar-refractivity contribution in [2.24, 2.45) is 5.10 Å². The monoisotopic (exact) mass is 395 g/mol. The van der Waals surface area contributed by atoms with Crippen LogP contribution in [-0.4, -0.2) is 23.3 Å². The van der Waals surface area contributed by atoms with Gasteiger partial charge in [0.25, 0.3) is 5.56 Å². The summed E-state index contributed by atoms with van der Waals surface area (Å²) in [5, 5.41) is 15.6. The van der Waals surface area contributed by atoms with Gasteiger partial charge in [0.1, 0.15) is 17.4 Å². The van der Waals surface area contributed by atoms with E-state index in [1.807, 2.05) is 60.7 Å². The fourth-order valence-electron chi connectivity index (χ4n) is 3.18. The highest BCUT2D eigenvalue weighted by Crippen LogP contribution is 2.26. The number of nitrogens with zero attached hydrogens (tertiary/aromatic N) is 3. The van der Waals surface area contributed by atoms with E-state index in [-0.39, 0.29) is 11.5 Å². The Morgan fingerprint density at radius 1 is 1.10 bits per heavy atom. The minimum atomic E-state index is -0.535. The van der Waals surface area contributed by atoms with Crippen LogP contribution in [0.4, 0.5) is 5.95 Å². The molecule has 146 valence electrons. The zero-order chi connectivity index (χ0) is 20.9. The molecule has 7 heteroatoms. The van der Waals surface area contributed by atoms with Gasteiger partial charge >= 0.3 is 0 Å². The second-order valence-electron chi connectivity index (χ2n) is 6.39. The standard InChI is InChI=1S/C23H17N5O2/c1-30-20-12-11-15-7-5-6-10-17(15)19(20)14-25-28-23-26-21(16-8-3-2-4-9-16)18(13-24)22(29)27-23/h2-12,14H,1H3,(H2,26,27,28,29). The van der Waals surface area contributed by atoms with E-state index >= 15 is 0 Å². The summed E-state index contributed by atoms with van der Waals surface area (Å²) in [4.78, 5) is 19.3. The minimum absolute atomic E-state index is 0.0496. The molecule has 0 bridgehead atoms. The average Bonchev–Trinajstić information content (AvgIpc) is 2.79. The number of methoxy groups -OCH3 is 1. The highest BCUT2D eigenvalue weighted by atomic mass is 16.5. The van der Waals surface area contributed by atoms with Crippen LogP contribution in [0, 0.1) is 11.3 Å². The van der Waals surface area contributed by atoms with Gasteiger partial charge < -0.3 is 4.74 Å². The van der Waals surface area contributed by atoms with Crippen LogP contribution in [-0.2, 0) is 0 Å². The maximum absolute atomic E-state index is 12.3. The fraction of sp³-hybridized carbons (Fsp3) is 0.0435. The number of nitrogens with one attached hydrogen (secondary N) is 2. The lowest BCUT2D eigenvalue weighted by Crippen LogP contribution is -2.16. The number of hydrogen-bond donors (Lipinski definition) is 2. The van der Waals surface area contributed by atoms with Gasteiger partial charge in [-0.15, -0.1) is 0 Å². The van der Waals surface area contributed by atoms with E-state index in [1.165, 1.54) is 0 Å². The Morgan fingerprint density at radius 3 is 2.63 bits per heavy atom. The number of benzene rings is 3. The maximum atomic E-state index is 12.3. The van der Waals surface area contributed by atoms with Crippen molar-refractivity contribution in [2.75, 3.05) is 12.5 Å². The molecule has 0 fully saturated rings. The van der Waals surface area contributed by atoms with Gasteiger partial charge in [-0.3, -0.25) is 9.78 Å². The molecule has 4 rings (SSSR count). The molecule has 0 saturated heterocycles. The summed E-state index contributed by atoms with van der Waals surface area (Å²) < 4.78 is 5.45. The quantitative estimate of drug-likeness (QED) is 0.394. The molecule has 0 radical (unpaired) electrons. The number of hydrogen-bond acceptors (Lipinski definition) is 6. The summed E-state index contributed by atoms with van der Waals surface area (Å²) in [7, 11) is 1.60. The molecule has 0 unspecified atom stereocenters. The molecular weight excluding hydrogens is 378 g/mol. The molecule has 4 aromatic rings. The number of anilines is 1. The van der Waals surface area contributed by atoms with Crippen molar-refractivity contribution < 1.29 is 4.74 Å². The van der Waals surface area contributed by atoms with E-state index in [9.17, 15) is 10.1 Å². The van der Waals surface area contributed by atoms with Crippen molar-refractivity contribution in [1.29, 1.82) is 5.26 Å². The van der Waals surface area contributed by atoms with E-state index in [1.54, 1.807) is 25.5 Å². The Balaban J connectivity index is 1.71. The number of H-pyrrole nitrogens is 1. The van der Waals surface area contributed by atoms with E-state index in [2.05, 4.69) is 20.5 Å². The first-order chi connectivity index (χ1) is 14.7. The zero-order valence-electron chi connectivity index (χ0n) is 16.1. The zero-order valence-corrected chi connectivity index (χ0v) is 16.1. The van der Waals surface area contributed by atoms with Gasteiger partial charge in [-0.2, -0.15) is 10.4 Å². The molecule has 0 amide bonds. The van der Waals surface area contributed by atoms with Gasteiger partial charge in [-0.1, -0.05) is 60.7 Å². The minimum Gasteiger partial charge on any atom is -0.496 e. The maximum Gasteiger partial charge on any atom is 0.270 e. The Hall–Kier alpha value is -4.44. The summed E-state index contributed by atoms with van der Waals surface area (Å²) >= 11 is 0. The highest BCUT2D eigenvalue weighted by Gasteiger charge is 2.13. The fourth-order valence-corrected chi connectivity index (χ4v) is 3.18. The summed E-state index contributed by atoms with van der Waals surface area (Å²) in [6.45, 7) is 0. The van der Waals surface area contributed by atoms with Gasteiger partial charge in [0.15, 0.2) is 0 Å². The molecule has 0 saturated carbocycles. The van der Waals surface area contributed by atoms with Crippen LogP contribution in [0.2, 0.25) is 0 Å². The number of hydrazone groups is 1. The van der Waals surface area contributed by atoms with E-state index < -0.39 is 5.56 Å². The van der Waals surface area contributed by atoms with Gasteiger partial charge in [-0.25, -0.2) is 10.4 Å². The molecule has 7 nitrogen and oxygen atoms in total. The predicted molar refractivity (Wildman–Crippen MR) is 117 cm³/mol. The van der Waals surface area contributed by atoms with Crippen LogP contribution < -0.4 is 15.7 Å². The van der Waals surface area contributed by atoms with Crippen molar-refractivity contribution in [2.45, 2.75) is 0 Å². The van der Waals surface area contributed by atoms with Crippen LogP contribution in [0.5, 0.6) is 5.75 Å². The van der Waals surface area contributed by atoms with Gasteiger partial charge in [0.05, 0.1) is 19.0 Å². The summed E-state index contributed by atoms with van der Waals surface area (Å²) in [5.41, 5.74) is 3.92. The number of ether oxygens (including phenoxy) is 1. The molecule has 1 heterocycles. The van der Waals surface area contributed by atoms with Crippen LogP contribution >= 0.6 is 0 Å². The second-order valence-corrected chi connectivity index (χ2v) is 6.39. The van der Waals surface area contributed by atoms with Crippen molar-refractivity contribution in [3.63, 3.8) is 0 Å². The van der Waals surface area contributed by atoms with Gasteiger partial charge in [-0.05, 0) is 16.8 Å². The summed E-state index contributed by atoms with van der Waals surface area (Å²) in [6, 6.07) is 22.7. The molecule has 1 aromatic heterocycles. The van der Waals surface area contributed by atoms with Crippen molar-refractivity contribution in [3.05, 3.63) is 88.2 Å². The van der Waals surface area contributed by atoms with Gasteiger partial charge in [0.2, 0.25) is 5.95 Å². The smallest absolute Gasteiger partial charge is 0.270 e. The molecule has 0 atom stereocenters. The third-order valence-electron chi connectivity index (χ3n) is 4.59. The molecule has 30 heavy (non-hydrogen) atoms. The number of aromatic amines is 1. The Morgan fingerprint density at radius 2 is 1.87 bits per heavy atom. The number of rotatable bonds is 5. The van der Waals surface area contributed by atoms with Crippen molar-refractivity contribution >= 4 is 22.9 Å². The van der Waals surface area contributed by atoms with Crippen molar-refractivity contribution in [3.8, 4) is 23.1 Å². The number of aromatic nitrogens is 2. The average molecular weight is 395 g/mol. The largest absolute Gasteiger partial charge is 0.496 e. The number of fused-ring (bicyclic) bond motifs is 1. The van der Waals surface area contributed by atoms with Crippen LogP contribution in [0.3, 0.4) is 0 Å². The Labute approximate surface area is 172 Å². The molecule has 0 aliphatic heterocycles. The predicted octanol–water partition coefficient (Wildman–Crippen LogP) is 3.92. The van der Waals surface area contributed by atoms with Crippen molar-refractivity contribution in [1.82, 2.24) is 9.97 Å². The van der Waals surface area contributed by atoms with E-state index in [4.69, 9.17) is 4.74 Å². The lowest BCUT2D eigenvalue weighted by Gasteiger charge is -2.09. The van der Waals surface area contributed by atoms with Crippen LogP contribution in [0.25, 0.3) is 22.0 Å². The van der Waals surface area contributed by atoms with E-state index in [0.717, 1.165) is 16.3 Å². The second kappa shape index (κ2) is 8.29. The summed E-state index contributed by atoms with van der Waals surface area (Å²) in [6.07, 6.45) is 1.61. The first kappa shape index (κ1) is 18.9. The lowest BCUT2D eigenvalue weighted by atomic mass is 10.0. The summed E-state index contributed by atoms with van der Waals surface area (Å²) in [5.74, 6) is 0.804. The first-order valence-electron chi connectivity index (χ1n) is 9.16. The molecule has 0 aliphatic carbocycles. The lowest BCUT2D eigenvalue weighted by molar-refractivity contribution is 0.415. The molecule has 0 aliphatic rings. The third kappa shape index (κ3) is 3.62. The van der Waals surface area contributed by atoms with Crippen LogP contribution in [0.1, 0.15) is 11.1 Å². The first-order valence-corrected chi connectivity index (χ1v) is 9.16. The van der Waals surface area contributed by atoms with Crippen LogP contribution in [0.15, 0.2) is 76.6 Å². The molecule has 2 N–H and O–H groups in total. The molecule has 0 spiro atoms. The Bertz CT molecular complexity index is 1340. The van der Waals surface area contributed by atoms with E-state index in [0.29, 0.717) is 17.0 Å². The topological polar surface area (TPSA) is 103 Å². The van der Waals surface area contributed by atoms with Gasteiger partial charge in [0, 0.05) is 11.1 Å². The Kier molecular flexibility index (Phi) is 5.22. The SMILES string of the molecule is COc1ccc2ccccc2c1C=NNc1nc(-c2ccccc2)c(C#N)c(=O)[nH]1.